The van der Waals surface area contributed by atoms with Crippen LogP contribution >= 0.6 is 0 Å². The van der Waals surface area contributed by atoms with Crippen LogP contribution < -0.4 is 9.64 Å². The summed E-state index contributed by atoms with van der Waals surface area (Å²) in [7, 11) is -3.50. The third-order valence-electron chi connectivity index (χ3n) is 6.33. The monoisotopic (exact) mass is 472 g/mol. The maximum Gasteiger partial charge on any atom is 0.264 e. The van der Waals surface area contributed by atoms with Gasteiger partial charge in [-0.25, -0.2) is 4.98 Å². The van der Waals surface area contributed by atoms with Crippen LogP contribution in [0.5, 0.6) is 5.88 Å². The van der Waals surface area contributed by atoms with Crippen LogP contribution in [0.2, 0.25) is 0 Å². The Morgan fingerprint density at radius 2 is 1.97 bits per heavy atom. The molecule has 1 aromatic carbocycles. The predicted octanol–water partition coefficient (Wildman–Crippen LogP) is 2.68. The first-order valence-corrected chi connectivity index (χ1v) is 13.0. The van der Waals surface area contributed by atoms with Crippen molar-refractivity contribution >= 4 is 26.9 Å². The summed E-state index contributed by atoms with van der Waals surface area (Å²) in [4.78, 5) is 9.26. The molecular formula is C23H28N4O5S. The summed E-state index contributed by atoms with van der Waals surface area (Å²) >= 11 is 0. The third kappa shape index (κ3) is 5.29. The van der Waals surface area contributed by atoms with Gasteiger partial charge in [-0.1, -0.05) is 23.4 Å². The lowest BCUT2D eigenvalue weighted by molar-refractivity contribution is 0.0716. The molecule has 0 amide bonds. The molecule has 0 N–H and O–H groups in total. The molecule has 0 spiro atoms. The van der Waals surface area contributed by atoms with E-state index in [1.807, 2.05) is 18.2 Å². The number of hydrogen-bond acceptors (Lipinski definition) is 9. The fourth-order valence-corrected chi connectivity index (χ4v) is 5.01. The van der Waals surface area contributed by atoms with Crippen LogP contribution in [0.15, 0.2) is 47.0 Å². The molecule has 4 heterocycles. The van der Waals surface area contributed by atoms with Crippen LogP contribution in [0.4, 0.5) is 5.82 Å². The number of para-hydroxylation sites is 1. The number of anilines is 1. The lowest BCUT2D eigenvalue weighted by atomic mass is 9.91. The number of aromatic nitrogens is 2. The van der Waals surface area contributed by atoms with E-state index >= 15 is 0 Å². The van der Waals surface area contributed by atoms with Crippen molar-refractivity contribution in [2.75, 3.05) is 43.9 Å². The molecule has 5 rings (SSSR count). The third-order valence-corrected chi connectivity index (χ3v) is 6.88. The fourth-order valence-electron chi connectivity index (χ4n) is 4.68. The van der Waals surface area contributed by atoms with Gasteiger partial charge in [-0.15, -0.1) is 0 Å². The number of piperazine rings is 1. The quantitative estimate of drug-likeness (QED) is 0.481. The average Bonchev–Trinajstić information content (AvgIpc) is 3.25. The molecule has 0 aliphatic carbocycles. The lowest BCUT2D eigenvalue weighted by Crippen LogP contribution is -2.57. The van der Waals surface area contributed by atoms with Gasteiger partial charge < -0.3 is 14.2 Å². The SMILES string of the molecule is CS(=O)(=O)OCc1cccc(OC[C@@H]2CC[C@H]3CN(c4noc5ccccc45)CCN3C2)n1. The summed E-state index contributed by atoms with van der Waals surface area (Å²) in [5.74, 6) is 1.87. The van der Waals surface area contributed by atoms with Gasteiger partial charge in [0, 0.05) is 44.2 Å². The van der Waals surface area contributed by atoms with E-state index in [9.17, 15) is 8.42 Å². The van der Waals surface area contributed by atoms with Crippen molar-refractivity contribution in [1.82, 2.24) is 15.0 Å². The zero-order valence-corrected chi connectivity index (χ0v) is 19.4. The van der Waals surface area contributed by atoms with E-state index in [1.165, 1.54) is 0 Å². The van der Waals surface area contributed by atoms with Crippen LogP contribution in [-0.2, 0) is 20.9 Å². The normalized spacial score (nSPS) is 21.8. The topological polar surface area (TPSA) is 98.0 Å². The molecule has 2 aliphatic rings. The molecule has 3 aromatic rings. The number of rotatable bonds is 7. The highest BCUT2D eigenvalue weighted by atomic mass is 32.2. The minimum atomic E-state index is -3.50. The Labute approximate surface area is 193 Å². The number of pyridine rings is 1. The van der Waals surface area contributed by atoms with Crippen molar-refractivity contribution in [3.8, 4) is 5.88 Å². The molecule has 2 aromatic heterocycles. The van der Waals surface area contributed by atoms with Crippen molar-refractivity contribution in [3.05, 3.63) is 48.2 Å². The molecule has 2 atom stereocenters. The van der Waals surface area contributed by atoms with Crippen LogP contribution in [0, 0.1) is 5.92 Å². The van der Waals surface area contributed by atoms with Gasteiger partial charge in [-0.05, 0) is 31.0 Å². The van der Waals surface area contributed by atoms with Gasteiger partial charge in [0.25, 0.3) is 10.1 Å². The van der Waals surface area contributed by atoms with Gasteiger partial charge in [0.05, 0.1) is 23.9 Å². The van der Waals surface area contributed by atoms with E-state index < -0.39 is 10.1 Å². The first-order valence-electron chi connectivity index (χ1n) is 11.2. The molecule has 2 fully saturated rings. The van der Waals surface area contributed by atoms with Crippen molar-refractivity contribution < 1.29 is 21.9 Å². The van der Waals surface area contributed by atoms with Gasteiger partial charge in [-0.2, -0.15) is 8.42 Å². The molecular weight excluding hydrogens is 444 g/mol. The van der Waals surface area contributed by atoms with Crippen LogP contribution in [-0.4, -0.2) is 68.5 Å². The fraction of sp³-hybridized carbons (Fsp3) is 0.478. The molecule has 9 nitrogen and oxygen atoms in total. The molecule has 2 saturated heterocycles. The summed E-state index contributed by atoms with van der Waals surface area (Å²) in [6, 6.07) is 13.8. The number of nitrogens with zero attached hydrogens (tertiary/aromatic N) is 4. The van der Waals surface area contributed by atoms with Gasteiger partial charge >= 0.3 is 0 Å². The summed E-state index contributed by atoms with van der Waals surface area (Å²) in [6.45, 7) is 4.35. The lowest BCUT2D eigenvalue weighted by Gasteiger charge is -2.46. The van der Waals surface area contributed by atoms with Crippen LogP contribution in [0.3, 0.4) is 0 Å². The smallest absolute Gasteiger partial charge is 0.264 e. The van der Waals surface area contributed by atoms with Crippen molar-refractivity contribution in [1.29, 1.82) is 0 Å². The highest BCUT2D eigenvalue weighted by Crippen LogP contribution is 2.31. The van der Waals surface area contributed by atoms with Gasteiger partial charge in [0.15, 0.2) is 11.4 Å². The summed E-state index contributed by atoms with van der Waals surface area (Å²) in [5.41, 5.74) is 1.36. The molecule has 10 heteroatoms. The Balaban J connectivity index is 1.14. The second-order valence-corrected chi connectivity index (χ2v) is 10.4. The Morgan fingerprint density at radius 1 is 1.09 bits per heavy atom. The molecule has 176 valence electrons. The Hall–Kier alpha value is -2.69. The van der Waals surface area contributed by atoms with Crippen molar-refractivity contribution in [2.24, 2.45) is 5.92 Å². The van der Waals surface area contributed by atoms with Crippen molar-refractivity contribution in [3.63, 3.8) is 0 Å². The van der Waals surface area contributed by atoms with E-state index in [0.717, 1.165) is 62.1 Å². The van der Waals surface area contributed by atoms with Crippen LogP contribution in [0.1, 0.15) is 18.5 Å². The number of piperidine rings is 1. The van der Waals surface area contributed by atoms with Crippen molar-refractivity contribution in [2.45, 2.75) is 25.5 Å². The van der Waals surface area contributed by atoms with E-state index in [-0.39, 0.29) is 6.61 Å². The summed E-state index contributed by atoms with van der Waals surface area (Å²) in [6.07, 6.45) is 3.22. The molecule has 2 aliphatic heterocycles. The Bertz CT molecular complexity index is 1210. The maximum atomic E-state index is 11.2. The highest BCUT2D eigenvalue weighted by Gasteiger charge is 2.34. The molecule has 0 unspecified atom stereocenters. The number of ether oxygens (including phenoxy) is 1. The van der Waals surface area contributed by atoms with E-state index in [2.05, 4.69) is 26.0 Å². The zero-order chi connectivity index (χ0) is 22.8. The Kier molecular flexibility index (Phi) is 6.22. The molecule has 33 heavy (non-hydrogen) atoms. The second kappa shape index (κ2) is 9.28. The van der Waals surface area contributed by atoms with E-state index in [0.29, 0.717) is 30.1 Å². The molecule has 0 saturated carbocycles. The minimum absolute atomic E-state index is 0.0910. The highest BCUT2D eigenvalue weighted by molar-refractivity contribution is 7.85. The standard InChI is InChI=1S/C23H28N4O5S/c1-33(28,29)31-16-18-5-4-8-22(24-18)30-15-17-9-10-19-14-27(12-11-26(19)13-17)23-20-6-2-3-7-21(20)32-25-23/h2-8,17,19H,9-16H2,1H3/t17-,19+/m1/s1. The van der Waals surface area contributed by atoms with E-state index in [4.69, 9.17) is 13.4 Å². The first-order chi connectivity index (χ1) is 15.9. The maximum absolute atomic E-state index is 11.2. The second-order valence-electron chi connectivity index (χ2n) is 8.78. The van der Waals surface area contributed by atoms with Crippen LogP contribution in [0.25, 0.3) is 11.0 Å². The number of hydrogen-bond donors (Lipinski definition) is 0. The predicted molar refractivity (Wildman–Crippen MR) is 124 cm³/mol. The van der Waals surface area contributed by atoms with E-state index in [1.54, 1.807) is 18.2 Å². The summed E-state index contributed by atoms with van der Waals surface area (Å²) < 4.78 is 38.6. The number of fused-ring (bicyclic) bond motifs is 2. The molecule has 0 bridgehead atoms. The Morgan fingerprint density at radius 3 is 2.85 bits per heavy atom. The van der Waals surface area contributed by atoms with Gasteiger partial charge in [-0.3, -0.25) is 9.08 Å². The largest absolute Gasteiger partial charge is 0.477 e. The average molecular weight is 473 g/mol. The first kappa shape index (κ1) is 22.1. The van der Waals surface area contributed by atoms with Gasteiger partial charge in [0.1, 0.15) is 6.61 Å². The van der Waals surface area contributed by atoms with Gasteiger partial charge in [0.2, 0.25) is 5.88 Å². The minimum Gasteiger partial charge on any atom is -0.477 e. The number of benzene rings is 1. The summed E-state index contributed by atoms with van der Waals surface area (Å²) in [5, 5.41) is 5.41. The molecule has 0 radical (unpaired) electrons. The zero-order valence-electron chi connectivity index (χ0n) is 18.6.